The number of H-pyrrole nitrogens is 1. The van der Waals surface area contributed by atoms with Gasteiger partial charge in [0.1, 0.15) is 0 Å². The van der Waals surface area contributed by atoms with E-state index in [0.717, 1.165) is 12.0 Å². The quantitative estimate of drug-likeness (QED) is 0.574. The summed E-state index contributed by atoms with van der Waals surface area (Å²) in [6.07, 6.45) is 4.49. The number of rotatable bonds is 2. The minimum atomic E-state index is 0.234. The molecule has 1 heterocycles. The molecule has 0 bridgehead atoms. The van der Waals surface area contributed by atoms with Gasteiger partial charge in [-0.2, -0.15) is 0 Å². The maximum absolute atomic E-state index is 8.42. The topological polar surface area (TPSA) is 36.0 Å². The van der Waals surface area contributed by atoms with Gasteiger partial charge in [0.05, 0.1) is 0 Å². The molecule has 2 nitrogen and oxygen atoms in total. The maximum atomic E-state index is 8.42. The molecule has 0 fully saturated rings. The Bertz CT molecular complexity index is 134. The largest absolute Gasteiger partial charge is 0.396 e. The Morgan fingerprint density at radius 1 is 1.62 bits per heavy atom. The summed E-state index contributed by atoms with van der Waals surface area (Å²) in [6, 6.07) is 1.95. The number of hydrogen-bond donors (Lipinski definition) is 2. The Hall–Kier alpha value is -0.760. The van der Waals surface area contributed by atoms with Crippen LogP contribution in [0.25, 0.3) is 0 Å². The predicted molar refractivity (Wildman–Crippen MR) is 31.6 cm³/mol. The lowest BCUT2D eigenvalue weighted by atomic mass is 10.3. The second kappa shape index (κ2) is 2.52. The number of aliphatic hydroxyl groups excluding tert-OH is 1. The Kier molecular flexibility index (Phi) is 1.70. The van der Waals surface area contributed by atoms with Crippen molar-refractivity contribution in [3.8, 4) is 0 Å². The van der Waals surface area contributed by atoms with Crippen LogP contribution in [-0.2, 0) is 6.42 Å². The minimum absolute atomic E-state index is 0.234. The van der Waals surface area contributed by atoms with E-state index in [4.69, 9.17) is 5.11 Å². The normalized spacial score (nSPS) is 9.62. The zero-order chi connectivity index (χ0) is 5.82. The van der Waals surface area contributed by atoms with Gasteiger partial charge in [-0.15, -0.1) is 0 Å². The van der Waals surface area contributed by atoms with Gasteiger partial charge in [0, 0.05) is 19.0 Å². The molecule has 0 radical (unpaired) electrons. The summed E-state index contributed by atoms with van der Waals surface area (Å²) in [5.74, 6) is 0. The van der Waals surface area contributed by atoms with Gasteiger partial charge in [0.2, 0.25) is 0 Å². The summed E-state index contributed by atoms with van der Waals surface area (Å²) in [5, 5.41) is 8.42. The fraction of sp³-hybridized carbons (Fsp3) is 0.333. The van der Waals surface area contributed by atoms with E-state index in [-0.39, 0.29) is 6.61 Å². The Balaban J connectivity index is 2.50. The third kappa shape index (κ3) is 1.10. The molecule has 2 heteroatoms. The van der Waals surface area contributed by atoms with Crippen LogP contribution in [0.3, 0.4) is 0 Å². The summed E-state index contributed by atoms with van der Waals surface area (Å²) in [5.41, 5.74) is 1.16. The minimum Gasteiger partial charge on any atom is -0.396 e. The van der Waals surface area contributed by atoms with Crippen LogP contribution in [0.2, 0.25) is 0 Å². The van der Waals surface area contributed by atoms with Crippen LogP contribution >= 0.6 is 0 Å². The Labute approximate surface area is 48.2 Å². The highest BCUT2D eigenvalue weighted by Gasteiger charge is 1.86. The van der Waals surface area contributed by atoms with Crippen LogP contribution in [0.15, 0.2) is 18.5 Å². The molecule has 0 saturated carbocycles. The first-order valence-corrected chi connectivity index (χ1v) is 2.66. The zero-order valence-corrected chi connectivity index (χ0v) is 4.59. The molecule has 2 N–H and O–H groups in total. The van der Waals surface area contributed by atoms with Crippen molar-refractivity contribution in [1.29, 1.82) is 0 Å². The van der Waals surface area contributed by atoms with Crippen LogP contribution in [0.5, 0.6) is 0 Å². The molecular formula is C6H9NO. The highest BCUT2D eigenvalue weighted by Crippen LogP contribution is 1.95. The van der Waals surface area contributed by atoms with Gasteiger partial charge in [-0.05, 0) is 18.1 Å². The SMILES string of the molecule is OCCc1cc[nH]c1. The van der Waals surface area contributed by atoms with Crippen molar-refractivity contribution < 1.29 is 5.11 Å². The molecule has 0 aromatic carbocycles. The Morgan fingerprint density at radius 2 is 2.50 bits per heavy atom. The van der Waals surface area contributed by atoms with E-state index in [0.29, 0.717) is 0 Å². The molecule has 8 heavy (non-hydrogen) atoms. The molecule has 0 amide bonds. The van der Waals surface area contributed by atoms with E-state index >= 15 is 0 Å². The van der Waals surface area contributed by atoms with Crippen molar-refractivity contribution in [3.05, 3.63) is 24.0 Å². The van der Waals surface area contributed by atoms with Gasteiger partial charge < -0.3 is 10.1 Å². The van der Waals surface area contributed by atoms with E-state index in [9.17, 15) is 0 Å². The van der Waals surface area contributed by atoms with Gasteiger partial charge in [0.15, 0.2) is 0 Å². The molecule has 44 valence electrons. The number of hydrogen-bond acceptors (Lipinski definition) is 1. The molecule has 1 aromatic rings. The van der Waals surface area contributed by atoms with Gasteiger partial charge in [0.25, 0.3) is 0 Å². The van der Waals surface area contributed by atoms with Crippen LogP contribution in [0.4, 0.5) is 0 Å². The number of nitrogens with one attached hydrogen (secondary N) is 1. The van der Waals surface area contributed by atoms with Crippen LogP contribution in [-0.4, -0.2) is 16.7 Å². The summed E-state index contributed by atoms with van der Waals surface area (Å²) < 4.78 is 0. The van der Waals surface area contributed by atoms with Crippen molar-refractivity contribution in [1.82, 2.24) is 4.98 Å². The van der Waals surface area contributed by atoms with Crippen LogP contribution < -0.4 is 0 Å². The smallest absolute Gasteiger partial charge is 0.0472 e. The number of aromatic amines is 1. The second-order valence-electron chi connectivity index (χ2n) is 1.69. The molecule has 0 spiro atoms. The van der Waals surface area contributed by atoms with E-state index in [2.05, 4.69) is 4.98 Å². The van der Waals surface area contributed by atoms with Crippen molar-refractivity contribution in [2.75, 3.05) is 6.61 Å². The van der Waals surface area contributed by atoms with E-state index in [1.54, 1.807) is 0 Å². The summed E-state index contributed by atoms with van der Waals surface area (Å²) in [4.78, 5) is 2.90. The first-order chi connectivity index (χ1) is 3.93. The Morgan fingerprint density at radius 3 is 3.00 bits per heavy atom. The average Bonchev–Trinajstić information content (AvgIpc) is 2.19. The zero-order valence-electron chi connectivity index (χ0n) is 4.59. The van der Waals surface area contributed by atoms with Gasteiger partial charge in [-0.25, -0.2) is 0 Å². The molecule has 0 atom stereocenters. The van der Waals surface area contributed by atoms with Crippen molar-refractivity contribution in [2.24, 2.45) is 0 Å². The van der Waals surface area contributed by atoms with Crippen molar-refractivity contribution in [3.63, 3.8) is 0 Å². The van der Waals surface area contributed by atoms with Crippen molar-refractivity contribution >= 4 is 0 Å². The molecule has 0 unspecified atom stereocenters. The van der Waals surface area contributed by atoms with Gasteiger partial charge >= 0.3 is 0 Å². The molecule has 0 saturated heterocycles. The fourth-order valence-electron chi connectivity index (χ4n) is 0.643. The van der Waals surface area contributed by atoms with Crippen LogP contribution in [0, 0.1) is 0 Å². The lowest BCUT2D eigenvalue weighted by molar-refractivity contribution is 0.299. The average molecular weight is 111 g/mol. The molecule has 1 aromatic heterocycles. The van der Waals surface area contributed by atoms with Crippen molar-refractivity contribution in [2.45, 2.75) is 6.42 Å². The summed E-state index contributed by atoms with van der Waals surface area (Å²) in [6.45, 7) is 0.234. The fourth-order valence-corrected chi connectivity index (χ4v) is 0.643. The number of aromatic nitrogens is 1. The highest BCUT2D eigenvalue weighted by atomic mass is 16.2. The lowest BCUT2D eigenvalue weighted by Gasteiger charge is -1.85. The first-order valence-electron chi connectivity index (χ1n) is 2.66. The summed E-state index contributed by atoms with van der Waals surface area (Å²) >= 11 is 0. The first kappa shape index (κ1) is 5.38. The monoisotopic (exact) mass is 111 g/mol. The third-order valence-electron chi connectivity index (χ3n) is 1.06. The van der Waals surface area contributed by atoms with E-state index in [1.807, 2.05) is 18.5 Å². The second-order valence-corrected chi connectivity index (χ2v) is 1.69. The standard InChI is InChI=1S/C6H9NO/c8-4-2-6-1-3-7-5-6/h1,3,5,7-8H,2,4H2. The molecular weight excluding hydrogens is 102 g/mol. The molecule has 0 aliphatic carbocycles. The number of aliphatic hydroxyl groups is 1. The van der Waals surface area contributed by atoms with Crippen LogP contribution in [0.1, 0.15) is 5.56 Å². The summed E-state index contributed by atoms with van der Waals surface area (Å²) in [7, 11) is 0. The highest BCUT2D eigenvalue weighted by molar-refractivity contribution is 5.07. The predicted octanol–water partition coefficient (Wildman–Crippen LogP) is 0.549. The maximum Gasteiger partial charge on any atom is 0.0472 e. The van der Waals surface area contributed by atoms with Gasteiger partial charge in [-0.1, -0.05) is 0 Å². The van der Waals surface area contributed by atoms with Gasteiger partial charge in [-0.3, -0.25) is 0 Å². The molecule has 0 aliphatic heterocycles. The molecule has 1 rings (SSSR count). The van der Waals surface area contributed by atoms with E-state index < -0.39 is 0 Å². The molecule has 0 aliphatic rings. The third-order valence-corrected chi connectivity index (χ3v) is 1.06. The van der Waals surface area contributed by atoms with E-state index in [1.165, 1.54) is 0 Å². The lowest BCUT2D eigenvalue weighted by Crippen LogP contribution is -1.85.